The lowest BCUT2D eigenvalue weighted by atomic mass is 10.1. The van der Waals surface area contributed by atoms with Gasteiger partial charge in [-0.3, -0.25) is 4.79 Å². The number of hydrogen-bond donors (Lipinski definition) is 0. The fraction of sp³-hybridized carbons (Fsp3) is 0.929. The number of unbranched alkanes of at least 4 members (excludes halogenated alkanes) is 1. The number of carbonyl (C=O) groups excluding carboxylic acids is 1. The molecule has 2 nitrogen and oxygen atoms in total. The minimum Gasteiger partial charge on any atom is -0.337 e. The lowest BCUT2D eigenvalue weighted by Gasteiger charge is -2.26. The average Bonchev–Trinajstić information content (AvgIpc) is 2.95. The van der Waals surface area contributed by atoms with E-state index < -0.39 is 0 Å². The average molecular weight is 287 g/mol. The van der Waals surface area contributed by atoms with Crippen molar-refractivity contribution in [3.8, 4) is 0 Å². The Balaban J connectivity index is 1.62. The fourth-order valence-electron chi connectivity index (χ4n) is 3.03. The topological polar surface area (TPSA) is 20.3 Å². The molecule has 2 rings (SSSR count). The summed E-state index contributed by atoms with van der Waals surface area (Å²) in [6.07, 6.45) is 8.10. The van der Waals surface area contributed by atoms with Crippen LogP contribution >= 0.6 is 21.6 Å². The van der Waals surface area contributed by atoms with Gasteiger partial charge in [0, 0.05) is 29.5 Å². The van der Waals surface area contributed by atoms with Crippen molar-refractivity contribution in [2.24, 2.45) is 0 Å². The second-order valence-corrected chi connectivity index (χ2v) is 8.44. The third-order valence-electron chi connectivity index (χ3n) is 4.13. The standard InChI is InChI=1S/C14H25NOS2/c1-11-7-8-12(2)15(11)14(16)6-4-3-5-13-9-10-17-18-13/h11-13H,3-10H2,1-2H3/t11-,12-,13-/m1/s1. The van der Waals surface area contributed by atoms with Crippen molar-refractivity contribution >= 4 is 27.5 Å². The zero-order valence-electron chi connectivity index (χ0n) is 11.6. The van der Waals surface area contributed by atoms with Crippen LogP contribution in [0.2, 0.25) is 0 Å². The van der Waals surface area contributed by atoms with Gasteiger partial charge in [-0.15, -0.1) is 0 Å². The molecule has 0 aromatic heterocycles. The maximum atomic E-state index is 12.2. The first-order chi connectivity index (χ1) is 8.68. The van der Waals surface area contributed by atoms with Gasteiger partial charge >= 0.3 is 0 Å². The van der Waals surface area contributed by atoms with Gasteiger partial charge in [-0.1, -0.05) is 28.0 Å². The molecule has 2 saturated heterocycles. The van der Waals surface area contributed by atoms with E-state index in [0.717, 1.165) is 18.1 Å². The van der Waals surface area contributed by atoms with E-state index >= 15 is 0 Å². The van der Waals surface area contributed by atoms with Crippen molar-refractivity contribution in [3.63, 3.8) is 0 Å². The van der Waals surface area contributed by atoms with Gasteiger partial charge in [0.2, 0.25) is 5.91 Å². The Bertz CT molecular complexity index is 269. The van der Waals surface area contributed by atoms with Gasteiger partial charge in [0.15, 0.2) is 0 Å². The Morgan fingerprint density at radius 3 is 2.50 bits per heavy atom. The van der Waals surface area contributed by atoms with Gasteiger partial charge < -0.3 is 4.90 Å². The first-order valence-corrected chi connectivity index (χ1v) is 9.66. The lowest BCUT2D eigenvalue weighted by molar-refractivity contribution is -0.133. The summed E-state index contributed by atoms with van der Waals surface area (Å²) in [5.74, 6) is 1.71. The highest BCUT2D eigenvalue weighted by Crippen LogP contribution is 2.39. The number of likely N-dealkylation sites (tertiary alicyclic amines) is 1. The van der Waals surface area contributed by atoms with Crippen molar-refractivity contribution in [2.75, 3.05) is 5.75 Å². The van der Waals surface area contributed by atoms with Gasteiger partial charge in [0.05, 0.1) is 0 Å². The molecule has 0 radical (unpaired) electrons. The van der Waals surface area contributed by atoms with Gasteiger partial charge in [-0.2, -0.15) is 0 Å². The van der Waals surface area contributed by atoms with Crippen LogP contribution in [-0.4, -0.2) is 33.9 Å². The summed E-state index contributed by atoms with van der Waals surface area (Å²) in [6.45, 7) is 4.38. The second kappa shape index (κ2) is 7.09. The van der Waals surface area contributed by atoms with E-state index in [2.05, 4.69) is 18.7 Å². The number of carbonyl (C=O) groups is 1. The summed E-state index contributed by atoms with van der Waals surface area (Å²) in [5.41, 5.74) is 0. The molecule has 0 spiro atoms. The molecule has 2 heterocycles. The molecule has 3 atom stereocenters. The summed E-state index contributed by atoms with van der Waals surface area (Å²) >= 11 is 0. The van der Waals surface area contributed by atoms with E-state index in [1.54, 1.807) is 0 Å². The molecule has 0 aromatic carbocycles. The molecule has 18 heavy (non-hydrogen) atoms. The van der Waals surface area contributed by atoms with E-state index in [4.69, 9.17) is 0 Å². The molecule has 0 saturated carbocycles. The molecule has 2 aliphatic heterocycles. The molecular formula is C14H25NOS2. The second-order valence-electron chi connectivity index (χ2n) is 5.65. The van der Waals surface area contributed by atoms with Crippen LogP contribution in [0, 0.1) is 0 Å². The smallest absolute Gasteiger partial charge is 0.223 e. The zero-order valence-corrected chi connectivity index (χ0v) is 13.2. The maximum Gasteiger partial charge on any atom is 0.223 e. The number of nitrogens with zero attached hydrogens (tertiary/aromatic N) is 1. The Morgan fingerprint density at radius 1 is 1.17 bits per heavy atom. The Kier molecular flexibility index (Phi) is 5.74. The van der Waals surface area contributed by atoms with Gasteiger partial charge in [-0.05, 0) is 46.0 Å². The number of rotatable bonds is 5. The predicted octanol–water partition coefficient (Wildman–Crippen LogP) is 4.10. The van der Waals surface area contributed by atoms with Crippen molar-refractivity contribution < 1.29 is 4.79 Å². The number of hydrogen-bond acceptors (Lipinski definition) is 3. The highest BCUT2D eigenvalue weighted by Gasteiger charge is 2.30. The normalized spacial score (nSPS) is 32.1. The van der Waals surface area contributed by atoms with E-state index in [1.807, 2.05) is 21.6 Å². The Morgan fingerprint density at radius 2 is 1.89 bits per heavy atom. The fourth-order valence-corrected chi connectivity index (χ4v) is 6.06. The summed E-state index contributed by atoms with van der Waals surface area (Å²) in [5, 5.41) is 0.856. The summed E-state index contributed by atoms with van der Waals surface area (Å²) in [7, 11) is 4.06. The molecule has 0 aromatic rings. The predicted molar refractivity (Wildman–Crippen MR) is 81.9 cm³/mol. The molecule has 2 fully saturated rings. The molecule has 0 bridgehead atoms. The van der Waals surface area contributed by atoms with Gasteiger partial charge in [0.1, 0.15) is 0 Å². The lowest BCUT2D eigenvalue weighted by Crippen LogP contribution is -2.38. The van der Waals surface area contributed by atoms with Crippen LogP contribution in [0.25, 0.3) is 0 Å². The molecule has 4 heteroatoms. The van der Waals surface area contributed by atoms with Crippen LogP contribution in [-0.2, 0) is 4.79 Å². The molecule has 0 N–H and O–H groups in total. The van der Waals surface area contributed by atoms with E-state index in [1.165, 1.54) is 37.9 Å². The van der Waals surface area contributed by atoms with Crippen molar-refractivity contribution in [2.45, 2.75) is 76.1 Å². The molecule has 2 aliphatic rings. The molecule has 0 unspecified atom stereocenters. The van der Waals surface area contributed by atoms with Crippen LogP contribution in [0.5, 0.6) is 0 Å². The summed E-state index contributed by atoms with van der Waals surface area (Å²) < 4.78 is 0. The minimum absolute atomic E-state index is 0.390. The highest BCUT2D eigenvalue weighted by molar-refractivity contribution is 8.77. The van der Waals surface area contributed by atoms with Crippen LogP contribution in [0.3, 0.4) is 0 Å². The van der Waals surface area contributed by atoms with Crippen LogP contribution < -0.4 is 0 Å². The van der Waals surface area contributed by atoms with E-state index in [9.17, 15) is 4.79 Å². The SMILES string of the molecule is C[C@@H]1CC[C@@H](C)N1C(=O)CCCC[C@@H]1CCSS1. The van der Waals surface area contributed by atoms with E-state index in [-0.39, 0.29) is 0 Å². The van der Waals surface area contributed by atoms with Crippen molar-refractivity contribution in [1.82, 2.24) is 4.90 Å². The van der Waals surface area contributed by atoms with Crippen LogP contribution in [0.4, 0.5) is 0 Å². The third-order valence-corrected chi connectivity index (χ3v) is 7.14. The molecule has 0 aliphatic carbocycles. The van der Waals surface area contributed by atoms with Crippen molar-refractivity contribution in [3.05, 3.63) is 0 Å². The first kappa shape index (κ1) is 14.6. The van der Waals surface area contributed by atoms with Gasteiger partial charge in [0.25, 0.3) is 0 Å². The Hall–Kier alpha value is 0.170. The minimum atomic E-state index is 0.390. The zero-order chi connectivity index (χ0) is 13.0. The van der Waals surface area contributed by atoms with Crippen LogP contribution in [0.1, 0.15) is 58.8 Å². The number of amides is 1. The largest absolute Gasteiger partial charge is 0.337 e. The monoisotopic (exact) mass is 287 g/mol. The first-order valence-electron chi connectivity index (χ1n) is 7.28. The molecule has 1 amide bonds. The molecule has 104 valence electrons. The highest BCUT2D eigenvalue weighted by atomic mass is 33.1. The van der Waals surface area contributed by atoms with Gasteiger partial charge in [-0.25, -0.2) is 0 Å². The third kappa shape index (κ3) is 3.83. The Labute approximate surface area is 119 Å². The van der Waals surface area contributed by atoms with Crippen molar-refractivity contribution in [1.29, 1.82) is 0 Å². The van der Waals surface area contributed by atoms with E-state index in [0.29, 0.717) is 18.0 Å². The summed E-state index contributed by atoms with van der Waals surface area (Å²) in [4.78, 5) is 14.3. The summed E-state index contributed by atoms with van der Waals surface area (Å²) in [6, 6.07) is 0.934. The maximum absolute atomic E-state index is 12.2. The van der Waals surface area contributed by atoms with Crippen LogP contribution in [0.15, 0.2) is 0 Å². The quantitative estimate of drug-likeness (QED) is 0.561. The molecular weight excluding hydrogens is 262 g/mol.